The number of halogens is 4. The molecule has 0 fully saturated rings. The van der Waals surface area contributed by atoms with Crippen molar-refractivity contribution in [3.8, 4) is 17.0 Å². The van der Waals surface area contributed by atoms with Crippen molar-refractivity contribution in [2.75, 3.05) is 13.7 Å². The molecule has 0 aliphatic rings. The van der Waals surface area contributed by atoms with Gasteiger partial charge >= 0.3 is 0 Å². The Hall–Kier alpha value is -4.21. The summed E-state index contributed by atoms with van der Waals surface area (Å²) in [5, 5.41) is 0.255. The minimum absolute atomic E-state index is 0.0935. The molecule has 6 nitrogen and oxygen atoms in total. The highest BCUT2D eigenvalue weighted by molar-refractivity contribution is 6.30. The molecular formula is C31H25ClF3N3O3. The number of Topliss-reactive ketones (excluding diaryl/α,β-unsaturated/α-hetero) is 1. The lowest BCUT2D eigenvalue weighted by atomic mass is 10.0. The fourth-order valence-electron chi connectivity index (χ4n) is 4.55. The van der Waals surface area contributed by atoms with E-state index in [-0.39, 0.29) is 46.4 Å². The second-order valence-electron chi connectivity index (χ2n) is 9.41. The number of methoxy groups -OCH3 is 1. The molecule has 0 amide bonds. The van der Waals surface area contributed by atoms with Crippen LogP contribution in [0.15, 0.2) is 66.9 Å². The first kappa shape index (κ1) is 28.3. The van der Waals surface area contributed by atoms with Crippen molar-refractivity contribution in [2.24, 2.45) is 0 Å². The summed E-state index contributed by atoms with van der Waals surface area (Å²) in [6, 6.07) is 15.0. The lowest BCUT2D eigenvalue weighted by molar-refractivity contribution is 0.101. The Balaban J connectivity index is 1.46. The van der Waals surface area contributed by atoms with Crippen molar-refractivity contribution in [1.82, 2.24) is 14.5 Å². The largest absolute Gasteiger partial charge is 0.472 e. The van der Waals surface area contributed by atoms with E-state index in [2.05, 4.69) is 9.97 Å². The average molecular weight is 580 g/mol. The highest BCUT2D eigenvalue weighted by atomic mass is 35.5. The predicted octanol–water partition coefficient (Wildman–Crippen LogP) is 7.19. The quantitative estimate of drug-likeness (QED) is 0.164. The number of hydrogen-bond acceptors (Lipinski definition) is 5. The third-order valence-electron chi connectivity index (χ3n) is 6.69. The molecule has 0 spiro atoms. The van der Waals surface area contributed by atoms with Crippen LogP contribution in [0.1, 0.15) is 34.2 Å². The van der Waals surface area contributed by atoms with Crippen LogP contribution >= 0.6 is 11.6 Å². The van der Waals surface area contributed by atoms with Crippen molar-refractivity contribution in [3.63, 3.8) is 0 Å². The van der Waals surface area contributed by atoms with Crippen molar-refractivity contribution >= 4 is 28.4 Å². The Morgan fingerprint density at radius 1 is 1.00 bits per heavy atom. The Kier molecular flexibility index (Phi) is 8.37. The van der Waals surface area contributed by atoms with Crippen LogP contribution < -0.4 is 4.74 Å². The number of imidazole rings is 1. The number of ether oxygens (including phenoxy) is 2. The number of ketones is 1. The van der Waals surface area contributed by atoms with Crippen LogP contribution in [0.5, 0.6) is 5.88 Å². The van der Waals surface area contributed by atoms with Gasteiger partial charge in [-0.25, -0.2) is 23.1 Å². The first-order valence-electron chi connectivity index (χ1n) is 12.7. The van der Waals surface area contributed by atoms with Gasteiger partial charge in [0.1, 0.15) is 29.9 Å². The third-order valence-corrected chi connectivity index (χ3v) is 6.93. The number of carbonyl (C=O) groups is 1. The Morgan fingerprint density at radius 2 is 1.78 bits per heavy atom. The molecule has 0 unspecified atom stereocenters. The minimum Gasteiger partial charge on any atom is -0.472 e. The second-order valence-corrected chi connectivity index (χ2v) is 9.84. The summed E-state index contributed by atoms with van der Waals surface area (Å²) in [5.41, 5.74) is 2.44. The highest BCUT2D eigenvalue weighted by Gasteiger charge is 2.20. The Labute approximate surface area is 239 Å². The number of fused-ring (bicyclic) bond motifs is 1. The van der Waals surface area contributed by atoms with E-state index >= 15 is 8.78 Å². The fraction of sp³-hybridized carbons (Fsp3) is 0.194. The van der Waals surface area contributed by atoms with E-state index in [9.17, 15) is 9.18 Å². The molecule has 0 aliphatic carbocycles. The molecule has 0 aliphatic heterocycles. The number of nitrogens with zero attached hydrogens (tertiary/aromatic N) is 3. The summed E-state index contributed by atoms with van der Waals surface area (Å²) in [6.45, 7) is 2.05. The molecule has 41 heavy (non-hydrogen) atoms. The molecule has 0 saturated heterocycles. The number of pyridine rings is 1. The number of carbonyl (C=O) groups excluding carboxylic acids is 1. The van der Waals surface area contributed by atoms with Gasteiger partial charge in [-0.3, -0.25) is 4.79 Å². The van der Waals surface area contributed by atoms with E-state index in [0.29, 0.717) is 41.1 Å². The van der Waals surface area contributed by atoms with Crippen LogP contribution in [0.3, 0.4) is 0 Å². The normalized spacial score (nSPS) is 11.3. The summed E-state index contributed by atoms with van der Waals surface area (Å²) in [6.07, 6.45) is 1.35. The molecule has 210 valence electrons. The molecule has 0 bridgehead atoms. The SMILES string of the molecule is COCCn1c(Cc2c(F)cc(-c3cccnc3OCc3ccc(Cl)cc3F)cc2F)nc2ccc(C(C)=O)cc21. The first-order valence-corrected chi connectivity index (χ1v) is 13.1. The molecule has 5 aromatic rings. The van der Waals surface area contributed by atoms with Gasteiger partial charge in [0.05, 0.1) is 17.6 Å². The maximum Gasteiger partial charge on any atom is 0.221 e. The van der Waals surface area contributed by atoms with Gasteiger partial charge in [0, 0.05) is 53.5 Å². The Bertz CT molecular complexity index is 1730. The summed E-state index contributed by atoms with van der Waals surface area (Å²) in [4.78, 5) is 20.7. The van der Waals surface area contributed by atoms with Crippen molar-refractivity contribution in [2.45, 2.75) is 26.5 Å². The van der Waals surface area contributed by atoms with Crippen LogP contribution in [0.2, 0.25) is 5.02 Å². The molecular weight excluding hydrogens is 555 g/mol. The summed E-state index contributed by atoms with van der Waals surface area (Å²) in [5.74, 6) is -1.65. The molecule has 0 atom stereocenters. The predicted molar refractivity (Wildman–Crippen MR) is 150 cm³/mol. The van der Waals surface area contributed by atoms with Crippen molar-refractivity contribution in [1.29, 1.82) is 0 Å². The lowest BCUT2D eigenvalue weighted by Gasteiger charge is -2.13. The first-order chi connectivity index (χ1) is 19.7. The van der Waals surface area contributed by atoms with Gasteiger partial charge < -0.3 is 14.0 Å². The monoisotopic (exact) mass is 579 g/mol. The molecule has 3 aromatic carbocycles. The zero-order chi connectivity index (χ0) is 29.1. The molecule has 2 heterocycles. The maximum atomic E-state index is 15.5. The fourth-order valence-corrected chi connectivity index (χ4v) is 4.71. The summed E-state index contributed by atoms with van der Waals surface area (Å²) >= 11 is 5.81. The van der Waals surface area contributed by atoms with Gasteiger partial charge in [0.2, 0.25) is 5.88 Å². The molecule has 2 aromatic heterocycles. The molecule has 10 heteroatoms. The van der Waals surface area contributed by atoms with Gasteiger partial charge in [0.25, 0.3) is 0 Å². The molecule has 0 radical (unpaired) electrons. The standard InChI is InChI=1S/C31H25ClF3N3O3/c1-18(39)19-6-8-28-29(14-19)38(10-11-40-2)30(37-28)16-24-26(34)12-21(13-27(24)35)23-4-3-9-36-31(23)41-17-20-5-7-22(32)15-25(20)33/h3-9,12-15H,10-11,16-17H2,1-2H3. The molecule has 5 rings (SSSR count). The van der Waals surface area contributed by atoms with Gasteiger partial charge in [-0.2, -0.15) is 0 Å². The van der Waals surface area contributed by atoms with Crippen LogP contribution in [-0.4, -0.2) is 34.0 Å². The van der Waals surface area contributed by atoms with Crippen LogP contribution in [-0.2, 0) is 24.3 Å². The number of hydrogen-bond donors (Lipinski definition) is 0. The highest BCUT2D eigenvalue weighted by Crippen LogP contribution is 2.32. The zero-order valence-electron chi connectivity index (χ0n) is 22.3. The van der Waals surface area contributed by atoms with E-state index in [1.54, 1.807) is 42.0 Å². The van der Waals surface area contributed by atoms with Gasteiger partial charge in [0.15, 0.2) is 5.78 Å². The van der Waals surface area contributed by atoms with E-state index in [4.69, 9.17) is 21.1 Å². The van der Waals surface area contributed by atoms with E-state index < -0.39 is 17.5 Å². The van der Waals surface area contributed by atoms with Gasteiger partial charge in [-0.05, 0) is 67.1 Å². The summed E-state index contributed by atoms with van der Waals surface area (Å²) in [7, 11) is 1.56. The number of rotatable bonds is 10. The van der Waals surface area contributed by atoms with Crippen LogP contribution in [0, 0.1) is 17.5 Å². The van der Waals surface area contributed by atoms with Crippen molar-refractivity contribution in [3.05, 3.63) is 112 Å². The van der Waals surface area contributed by atoms with Gasteiger partial charge in [-0.1, -0.05) is 17.7 Å². The maximum absolute atomic E-state index is 15.5. The van der Waals surface area contributed by atoms with Crippen LogP contribution in [0.25, 0.3) is 22.2 Å². The van der Waals surface area contributed by atoms with E-state index in [1.165, 1.54) is 43.5 Å². The molecule has 0 saturated carbocycles. The Morgan fingerprint density at radius 3 is 2.49 bits per heavy atom. The topological polar surface area (TPSA) is 66.2 Å². The van der Waals surface area contributed by atoms with E-state index in [1.807, 2.05) is 0 Å². The van der Waals surface area contributed by atoms with Crippen LogP contribution in [0.4, 0.5) is 13.2 Å². The minimum atomic E-state index is -0.770. The van der Waals surface area contributed by atoms with Crippen molar-refractivity contribution < 1.29 is 27.4 Å². The molecule has 0 N–H and O–H groups in total. The van der Waals surface area contributed by atoms with Gasteiger partial charge in [-0.15, -0.1) is 0 Å². The van der Waals surface area contributed by atoms with E-state index in [0.717, 1.165) is 0 Å². The zero-order valence-corrected chi connectivity index (χ0v) is 23.0. The number of aromatic nitrogens is 3. The second kappa shape index (κ2) is 12.1. The third kappa shape index (κ3) is 6.11. The lowest BCUT2D eigenvalue weighted by Crippen LogP contribution is -2.10. The summed E-state index contributed by atoms with van der Waals surface area (Å²) < 4.78 is 58.0. The smallest absolute Gasteiger partial charge is 0.221 e. The number of benzene rings is 3. The average Bonchev–Trinajstić information content (AvgIpc) is 3.29.